The predicted molar refractivity (Wildman–Crippen MR) is 86.7 cm³/mol. The molecule has 0 fully saturated rings. The lowest BCUT2D eigenvalue weighted by molar-refractivity contribution is -0.274. The molecule has 0 aliphatic heterocycles. The smallest absolute Gasteiger partial charge is 0.406 e. The Balaban J connectivity index is 1.80. The van der Waals surface area contributed by atoms with Crippen molar-refractivity contribution >= 4 is 11.4 Å². The highest BCUT2D eigenvalue weighted by Crippen LogP contribution is 2.29. The molecule has 3 rings (SSSR count). The maximum atomic E-state index is 12.2. The van der Waals surface area contributed by atoms with E-state index in [-0.39, 0.29) is 18.9 Å². The van der Waals surface area contributed by atoms with Gasteiger partial charge in [0.15, 0.2) is 0 Å². The Hall–Kier alpha value is -3.14. The number of hydrogen-bond donors (Lipinski definition) is 2. The van der Waals surface area contributed by atoms with Gasteiger partial charge in [0.1, 0.15) is 5.75 Å². The lowest BCUT2D eigenvalue weighted by atomic mass is 10.1. The Labute approximate surface area is 146 Å². The van der Waals surface area contributed by atoms with Crippen LogP contribution in [0.4, 0.5) is 24.5 Å². The third kappa shape index (κ3) is 4.48. The average molecular weight is 365 g/mol. The van der Waals surface area contributed by atoms with Crippen LogP contribution in [0.5, 0.6) is 5.75 Å². The van der Waals surface area contributed by atoms with Crippen LogP contribution < -0.4 is 10.1 Å². The van der Waals surface area contributed by atoms with Crippen LogP contribution in [0.1, 0.15) is 0 Å². The molecular weight excluding hydrogens is 351 g/mol. The normalized spacial score (nSPS) is 11.4. The van der Waals surface area contributed by atoms with Gasteiger partial charge in [-0.05, 0) is 41.6 Å². The predicted octanol–water partition coefficient (Wildman–Crippen LogP) is 2.97. The van der Waals surface area contributed by atoms with Gasteiger partial charge >= 0.3 is 6.36 Å². The van der Waals surface area contributed by atoms with E-state index in [9.17, 15) is 13.2 Å². The second-order valence-corrected chi connectivity index (χ2v) is 5.18. The van der Waals surface area contributed by atoms with Gasteiger partial charge in [-0.3, -0.25) is 0 Å². The van der Waals surface area contributed by atoms with E-state index in [0.29, 0.717) is 22.8 Å². The molecule has 0 aliphatic carbocycles. The number of aromatic nitrogens is 4. The molecule has 0 atom stereocenters. The molecule has 0 amide bonds. The van der Waals surface area contributed by atoms with Crippen molar-refractivity contribution in [1.29, 1.82) is 0 Å². The molecule has 3 aromatic rings. The van der Waals surface area contributed by atoms with E-state index in [1.165, 1.54) is 29.1 Å². The molecule has 1 heterocycles. The number of alkyl halides is 3. The minimum Gasteiger partial charge on any atom is -0.406 e. The van der Waals surface area contributed by atoms with E-state index >= 15 is 0 Å². The lowest BCUT2D eigenvalue weighted by Crippen LogP contribution is -2.16. The molecule has 26 heavy (non-hydrogen) atoms. The Kier molecular flexibility index (Phi) is 5.03. The molecule has 2 aromatic carbocycles. The molecule has 0 bridgehead atoms. The molecule has 10 heteroatoms. The Bertz CT molecular complexity index is 865. The number of aliphatic hydroxyl groups excluding tert-OH is 1. The lowest BCUT2D eigenvalue weighted by Gasteiger charge is -2.12. The minimum absolute atomic E-state index is 0.109. The molecule has 0 saturated heterocycles. The number of tetrazole rings is 1. The molecule has 0 radical (unpaired) electrons. The van der Waals surface area contributed by atoms with Crippen LogP contribution in [0.15, 0.2) is 48.5 Å². The van der Waals surface area contributed by atoms with Gasteiger partial charge in [-0.25, -0.2) is 0 Å². The molecule has 2 N–H and O–H groups in total. The van der Waals surface area contributed by atoms with Crippen molar-refractivity contribution in [1.82, 2.24) is 20.2 Å². The highest BCUT2D eigenvalue weighted by atomic mass is 19.4. The fourth-order valence-corrected chi connectivity index (χ4v) is 2.22. The summed E-state index contributed by atoms with van der Waals surface area (Å²) in [6.45, 7) is 0.116. The largest absolute Gasteiger partial charge is 0.573 e. The first-order chi connectivity index (χ1) is 12.4. The summed E-state index contributed by atoms with van der Waals surface area (Å²) in [6.07, 6.45) is -4.73. The third-order valence-electron chi connectivity index (χ3n) is 3.29. The monoisotopic (exact) mass is 365 g/mol. The van der Waals surface area contributed by atoms with Gasteiger partial charge < -0.3 is 15.2 Å². The molecular formula is C16H14F3N5O2. The number of ether oxygens (including phenoxy) is 1. The van der Waals surface area contributed by atoms with Crippen molar-refractivity contribution in [2.24, 2.45) is 0 Å². The zero-order chi connectivity index (χ0) is 18.6. The summed E-state index contributed by atoms with van der Waals surface area (Å²) in [7, 11) is 0. The quantitative estimate of drug-likeness (QED) is 0.699. The van der Waals surface area contributed by atoms with Crippen molar-refractivity contribution in [2.75, 3.05) is 11.9 Å². The second-order valence-electron chi connectivity index (χ2n) is 5.18. The number of aliphatic hydroxyl groups is 1. The number of benzene rings is 2. The minimum atomic E-state index is -4.73. The van der Waals surface area contributed by atoms with E-state index in [2.05, 4.69) is 25.5 Å². The number of anilines is 2. The van der Waals surface area contributed by atoms with Gasteiger partial charge in [0.25, 0.3) is 0 Å². The van der Waals surface area contributed by atoms with Crippen molar-refractivity contribution < 1.29 is 23.0 Å². The number of rotatable bonds is 6. The maximum Gasteiger partial charge on any atom is 0.573 e. The highest BCUT2D eigenvalue weighted by molar-refractivity contribution is 5.77. The number of para-hydroxylation sites is 1. The van der Waals surface area contributed by atoms with Gasteiger partial charge in [0.2, 0.25) is 5.82 Å². The van der Waals surface area contributed by atoms with Crippen molar-refractivity contribution in [3.63, 3.8) is 0 Å². The number of nitrogens with zero attached hydrogens (tertiary/aromatic N) is 4. The fourth-order valence-electron chi connectivity index (χ4n) is 2.22. The SMILES string of the molecule is OCCn1nnc(-c2ccccc2Nc2ccc(OC(F)(F)F)cc2)n1. The van der Waals surface area contributed by atoms with Crippen LogP contribution in [0, 0.1) is 0 Å². The zero-order valence-corrected chi connectivity index (χ0v) is 13.3. The molecule has 0 unspecified atom stereocenters. The summed E-state index contributed by atoms with van der Waals surface area (Å²) >= 11 is 0. The van der Waals surface area contributed by atoms with Gasteiger partial charge in [0, 0.05) is 16.9 Å². The Morgan fingerprint density at radius 3 is 2.50 bits per heavy atom. The summed E-state index contributed by atoms with van der Waals surface area (Å²) in [5.74, 6) is 0.0588. The fraction of sp³-hybridized carbons (Fsp3) is 0.188. The summed E-state index contributed by atoms with van der Waals surface area (Å²) < 4.78 is 40.5. The molecule has 7 nitrogen and oxygen atoms in total. The molecule has 0 aliphatic rings. The van der Waals surface area contributed by atoms with E-state index in [1.807, 2.05) is 0 Å². The van der Waals surface area contributed by atoms with Crippen LogP contribution in [-0.2, 0) is 6.54 Å². The highest BCUT2D eigenvalue weighted by Gasteiger charge is 2.30. The maximum absolute atomic E-state index is 12.2. The van der Waals surface area contributed by atoms with Gasteiger partial charge in [-0.15, -0.1) is 23.4 Å². The second kappa shape index (κ2) is 7.40. The molecule has 1 aromatic heterocycles. The third-order valence-corrected chi connectivity index (χ3v) is 3.29. The zero-order valence-electron chi connectivity index (χ0n) is 13.3. The summed E-state index contributed by atoms with van der Waals surface area (Å²) in [5, 5.41) is 24.0. The first-order valence-corrected chi connectivity index (χ1v) is 7.55. The van der Waals surface area contributed by atoms with Crippen LogP contribution >= 0.6 is 0 Å². The first kappa shape index (κ1) is 17.7. The van der Waals surface area contributed by atoms with Gasteiger partial charge in [0.05, 0.1) is 13.2 Å². The van der Waals surface area contributed by atoms with Crippen molar-refractivity contribution in [3.8, 4) is 17.1 Å². The molecule has 136 valence electrons. The topological polar surface area (TPSA) is 85.1 Å². The summed E-state index contributed by atoms with van der Waals surface area (Å²) in [5.41, 5.74) is 1.88. The molecule has 0 spiro atoms. The van der Waals surface area contributed by atoms with Crippen LogP contribution in [0.2, 0.25) is 0 Å². The van der Waals surface area contributed by atoms with Gasteiger partial charge in [-0.1, -0.05) is 12.1 Å². The van der Waals surface area contributed by atoms with Crippen molar-refractivity contribution in [3.05, 3.63) is 48.5 Å². The van der Waals surface area contributed by atoms with Gasteiger partial charge in [-0.2, -0.15) is 4.80 Å². The van der Waals surface area contributed by atoms with E-state index in [4.69, 9.17) is 5.11 Å². The number of nitrogens with one attached hydrogen (secondary N) is 1. The summed E-state index contributed by atoms with van der Waals surface area (Å²) in [6, 6.07) is 12.5. The van der Waals surface area contributed by atoms with E-state index < -0.39 is 6.36 Å². The first-order valence-electron chi connectivity index (χ1n) is 7.55. The van der Waals surface area contributed by atoms with Crippen LogP contribution in [-0.4, -0.2) is 38.3 Å². The van der Waals surface area contributed by atoms with Crippen LogP contribution in [0.25, 0.3) is 11.4 Å². The Morgan fingerprint density at radius 2 is 1.81 bits per heavy atom. The van der Waals surface area contributed by atoms with Crippen molar-refractivity contribution in [2.45, 2.75) is 12.9 Å². The van der Waals surface area contributed by atoms with E-state index in [0.717, 1.165) is 0 Å². The van der Waals surface area contributed by atoms with E-state index in [1.54, 1.807) is 24.3 Å². The van der Waals surface area contributed by atoms with Crippen LogP contribution in [0.3, 0.4) is 0 Å². The average Bonchev–Trinajstić information content (AvgIpc) is 3.05. The number of halogens is 3. The number of hydrogen-bond acceptors (Lipinski definition) is 6. The Morgan fingerprint density at radius 1 is 1.08 bits per heavy atom. The standard InChI is InChI=1S/C16H14F3N5O2/c17-16(18,19)26-12-7-5-11(6-8-12)20-14-4-2-1-3-13(14)15-21-23-24(22-15)9-10-25/h1-8,20,25H,9-10H2. The molecule has 0 saturated carbocycles. The summed E-state index contributed by atoms with van der Waals surface area (Å²) in [4.78, 5) is 1.27.